The first-order chi connectivity index (χ1) is 14.3. The van der Waals surface area contributed by atoms with Gasteiger partial charge in [0, 0.05) is 0 Å². The highest BCUT2D eigenvalue weighted by molar-refractivity contribution is 6.37. The van der Waals surface area contributed by atoms with Gasteiger partial charge in [0.2, 0.25) is 6.08 Å². The number of rotatable bonds is 5. The zero-order chi connectivity index (χ0) is 23.9. The topological polar surface area (TPSA) is 102 Å². The van der Waals surface area contributed by atoms with Crippen LogP contribution in [-0.2, 0) is 15.8 Å². The van der Waals surface area contributed by atoms with E-state index in [1.807, 2.05) is 0 Å². The lowest BCUT2D eigenvalue weighted by Gasteiger charge is -2.13. The Hall–Kier alpha value is -2.65. The van der Waals surface area contributed by atoms with Crippen LogP contribution in [-0.4, -0.2) is 23.2 Å². The van der Waals surface area contributed by atoms with Gasteiger partial charge in [-0.1, -0.05) is 43.1 Å². The van der Waals surface area contributed by atoms with Gasteiger partial charge in [-0.05, 0) is 30.2 Å². The van der Waals surface area contributed by atoms with E-state index in [0.29, 0.717) is 6.07 Å². The van der Waals surface area contributed by atoms with Crippen LogP contribution in [0.25, 0.3) is 0 Å². The molecule has 2 aromatic rings. The molecule has 0 bridgehead atoms. The van der Waals surface area contributed by atoms with Gasteiger partial charge >= 0.3 is 12.1 Å². The molecule has 0 aliphatic carbocycles. The van der Waals surface area contributed by atoms with Gasteiger partial charge in [0.05, 0.1) is 10.6 Å². The molecule has 0 radical (unpaired) electrons. The highest BCUT2D eigenvalue weighted by Crippen LogP contribution is 2.42. The summed E-state index contributed by atoms with van der Waals surface area (Å²) < 4.78 is 57.0. The normalized spacial score (nSPS) is 11.8. The third-order valence-corrected chi connectivity index (χ3v) is 4.27. The SMILES string of the molecule is CC(C)[C@H](N)C(=O)O.O=C=Nc1cc(Cl)c(Oc2cccc(C(F)(F)F)c2)c(Cl)c1F. The van der Waals surface area contributed by atoms with Crippen molar-refractivity contribution in [1.82, 2.24) is 0 Å². The average Bonchev–Trinajstić information content (AvgIpc) is 2.68. The summed E-state index contributed by atoms with van der Waals surface area (Å²) in [6.45, 7) is 3.55. The lowest BCUT2D eigenvalue weighted by atomic mass is 10.1. The minimum Gasteiger partial charge on any atom is -0.480 e. The van der Waals surface area contributed by atoms with Crippen LogP contribution in [0, 0.1) is 11.7 Å². The van der Waals surface area contributed by atoms with E-state index in [9.17, 15) is 27.2 Å². The van der Waals surface area contributed by atoms with Crippen LogP contribution in [0.3, 0.4) is 0 Å². The molecular weight excluding hydrogens is 467 g/mol. The Labute approximate surface area is 184 Å². The van der Waals surface area contributed by atoms with E-state index in [1.54, 1.807) is 13.8 Å². The van der Waals surface area contributed by atoms with Crippen LogP contribution in [0.1, 0.15) is 19.4 Å². The number of hydrogen-bond donors (Lipinski definition) is 2. The van der Waals surface area contributed by atoms with Gasteiger partial charge in [-0.15, -0.1) is 0 Å². The molecule has 3 N–H and O–H groups in total. The molecule has 0 saturated carbocycles. The second kappa shape index (κ2) is 11.1. The standard InChI is InChI=1S/C14H5Cl2F4NO2.C5H11NO2/c15-9-5-10(21-6-22)12(17)11(16)13(9)23-8-3-1-2-7(4-8)14(18,19)20;1-3(2)4(6)5(7)8/h1-5H;3-4H,6H2,1-2H3,(H,7,8)/t;4-/m.0/s1. The molecule has 12 heteroatoms. The Bertz CT molecular complexity index is 994. The highest BCUT2D eigenvalue weighted by atomic mass is 35.5. The second-order valence-corrected chi connectivity index (χ2v) is 7.06. The number of alkyl halides is 3. The molecule has 1 atom stereocenters. The van der Waals surface area contributed by atoms with Crippen molar-refractivity contribution in [2.24, 2.45) is 16.6 Å². The highest BCUT2D eigenvalue weighted by Gasteiger charge is 2.31. The Morgan fingerprint density at radius 3 is 2.32 bits per heavy atom. The van der Waals surface area contributed by atoms with Gasteiger partial charge in [0.1, 0.15) is 22.5 Å². The summed E-state index contributed by atoms with van der Waals surface area (Å²) in [5.74, 6) is -2.65. The van der Waals surface area contributed by atoms with Crippen molar-refractivity contribution >= 4 is 40.9 Å². The van der Waals surface area contributed by atoms with Crippen molar-refractivity contribution in [2.75, 3.05) is 0 Å². The quantitative estimate of drug-likeness (QED) is 0.236. The van der Waals surface area contributed by atoms with Crippen LogP contribution in [0.2, 0.25) is 10.0 Å². The van der Waals surface area contributed by atoms with E-state index in [1.165, 1.54) is 6.07 Å². The molecule has 0 fully saturated rings. The Morgan fingerprint density at radius 2 is 1.87 bits per heavy atom. The predicted octanol–water partition coefficient (Wildman–Crippen LogP) is 5.97. The molecule has 0 amide bonds. The number of isocyanates is 1. The maximum atomic E-state index is 13.9. The van der Waals surface area contributed by atoms with Crippen LogP contribution in [0.4, 0.5) is 23.2 Å². The molecule has 0 aliphatic heterocycles. The number of hydrogen-bond acceptors (Lipinski definition) is 5. The third kappa shape index (κ3) is 7.52. The number of halogens is 6. The first-order valence-electron chi connectivity index (χ1n) is 8.38. The van der Waals surface area contributed by atoms with E-state index in [2.05, 4.69) is 4.99 Å². The maximum absolute atomic E-state index is 13.9. The molecule has 6 nitrogen and oxygen atoms in total. The van der Waals surface area contributed by atoms with Crippen LogP contribution >= 0.6 is 23.2 Å². The van der Waals surface area contributed by atoms with Gasteiger partial charge < -0.3 is 15.6 Å². The molecule has 168 valence electrons. The summed E-state index contributed by atoms with van der Waals surface area (Å²) in [7, 11) is 0. The van der Waals surface area contributed by atoms with Crippen molar-refractivity contribution in [2.45, 2.75) is 26.1 Å². The van der Waals surface area contributed by atoms with Crippen LogP contribution < -0.4 is 10.5 Å². The number of aliphatic carboxylic acids is 1. The zero-order valence-corrected chi connectivity index (χ0v) is 17.5. The van der Waals surface area contributed by atoms with Gasteiger partial charge in [-0.2, -0.15) is 18.2 Å². The number of carbonyl (C=O) groups excluding carboxylic acids is 1. The molecule has 2 aromatic carbocycles. The fourth-order valence-electron chi connectivity index (χ4n) is 1.93. The number of aliphatic imine (C=N–C) groups is 1. The molecule has 0 unspecified atom stereocenters. The lowest BCUT2D eigenvalue weighted by molar-refractivity contribution is -0.139. The van der Waals surface area contributed by atoms with Crippen molar-refractivity contribution in [1.29, 1.82) is 0 Å². The van der Waals surface area contributed by atoms with E-state index in [0.717, 1.165) is 24.3 Å². The first-order valence-corrected chi connectivity index (χ1v) is 9.14. The molecule has 0 aliphatic rings. The second-order valence-electron chi connectivity index (χ2n) is 6.27. The minimum absolute atomic E-state index is 0.0208. The molecule has 0 heterocycles. The van der Waals surface area contributed by atoms with Crippen LogP contribution in [0.15, 0.2) is 35.3 Å². The monoisotopic (exact) mass is 482 g/mol. The summed E-state index contributed by atoms with van der Waals surface area (Å²) in [5, 5.41) is 7.37. The van der Waals surface area contributed by atoms with Crippen molar-refractivity contribution in [3.8, 4) is 11.5 Å². The molecule has 31 heavy (non-hydrogen) atoms. The van der Waals surface area contributed by atoms with E-state index in [-0.39, 0.29) is 16.7 Å². The Morgan fingerprint density at radius 1 is 1.26 bits per heavy atom. The number of nitrogens with two attached hydrogens (primary N) is 1. The maximum Gasteiger partial charge on any atom is 0.416 e. The largest absolute Gasteiger partial charge is 0.480 e. The van der Waals surface area contributed by atoms with Crippen molar-refractivity contribution < 1.29 is 37.0 Å². The van der Waals surface area contributed by atoms with Gasteiger partial charge in [-0.3, -0.25) is 4.79 Å². The summed E-state index contributed by atoms with van der Waals surface area (Å²) >= 11 is 11.6. The first kappa shape index (κ1) is 26.4. The number of nitrogens with zero attached hydrogens (tertiary/aromatic N) is 1. The fraction of sp³-hybridized carbons (Fsp3) is 0.263. The number of carboxylic acid groups (broad SMARTS) is 1. The molecule has 0 spiro atoms. The van der Waals surface area contributed by atoms with Gasteiger partial charge in [-0.25, -0.2) is 9.18 Å². The Kier molecular flexibility index (Phi) is 9.45. The third-order valence-electron chi connectivity index (χ3n) is 3.65. The summed E-state index contributed by atoms with van der Waals surface area (Å²) in [6.07, 6.45) is -3.44. The van der Waals surface area contributed by atoms with E-state index in [4.69, 9.17) is 38.8 Å². The smallest absolute Gasteiger partial charge is 0.416 e. The van der Waals surface area contributed by atoms with Crippen molar-refractivity contribution in [3.05, 3.63) is 51.8 Å². The lowest BCUT2D eigenvalue weighted by Crippen LogP contribution is -2.34. The summed E-state index contributed by atoms with van der Waals surface area (Å²) in [4.78, 5) is 23.3. The number of carbonyl (C=O) groups is 1. The summed E-state index contributed by atoms with van der Waals surface area (Å²) in [5.41, 5.74) is 3.74. The Balaban J connectivity index is 0.000000512. The number of carboxylic acids is 1. The van der Waals surface area contributed by atoms with Crippen LogP contribution in [0.5, 0.6) is 11.5 Å². The predicted molar refractivity (Wildman–Crippen MR) is 106 cm³/mol. The number of ether oxygens (including phenoxy) is 1. The van der Waals surface area contributed by atoms with E-state index >= 15 is 0 Å². The minimum atomic E-state index is -4.57. The van der Waals surface area contributed by atoms with Crippen molar-refractivity contribution in [3.63, 3.8) is 0 Å². The van der Waals surface area contributed by atoms with E-state index < -0.39 is 46.0 Å². The summed E-state index contributed by atoms with van der Waals surface area (Å²) in [6, 6.07) is 4.12. The molecule has 2 rings (SSSR count). The molecular formula is C19H16Cl2F4N2O4. The molecule has 0 aromatic heterocycles. The average molecular weight is 483 g/mol. The fourth-order valence-corrected chi connectivity index (χ4v) is 2.45. The zero-order valence-electron chi connectivity index (χ0n) is 16.0. The number of benzene rings is 2. The van der Waals surface area contributed by atoms with Gasteiger partial charge in [0.15, 0.2) is 11.6 Å². The molecule has 0 saturated heterocycles. The van der Waals surface area contributed by atoms with Gasteiger partial charge in [0.25, 0.3) is 0 Å².